The minimum absolute atomic E-state index is 0.108. The van der Waals surface area contributed by atoms with Gasteiger partial charge in [0.2, 0.25) is 5.91 Å². The third kappa shape index (κ3) is 5.03. The number of hydrogen-bond acceptors (Lipinski definition) is 5. The van der Waals surface area contributed by atoms with Crippen LogP contribution in [0.15, 0.2) is 35.8 Å². The zero-order valence-corrected chi connectivity index (χ0v) is 15.7. The SMILES string of the molecule is CN(C)c1cc(CC[C@H]2CN(C(=O)Cc3cccs3)CCO2)ccn1. The molecule has 1 atom stereocenters. The van der Waals surface area contributed by atoms with E-state index in [1.807, 2.05) is 47.6 Å². The van der Waals surface area contributed by atoms with Crippen LogP contribution in [0.3, 0.4) is 0 Å². The molecular formula is C19H25N3O2S. The van der Waals surface area contributed by atoms with Crippen molar-refractivity contribution in [3.05, 3.63) is 46.3 Å². The number of amides is 1. The molecule has 0 unspecified atom stereocenters. The first-order valence-corrected chi connectivity index (χ1v) is 9.54. The zero-order valence-electron chi connectivity index (χ0n) is 14.9. The highest BCUT2D eigenvalue weighted by Crippen LogP contribution is 2.17. The van der Waals surface area contributed by atoms with Gasteiger partial charge in [-0.3, -0.25) is 4.79 Å². The molecule has 0 saturated carbocycles. The molecule has 2 aromatic rings. The molecule has 0 radical (unpaired) electrons. The molecule has 0 bridgehead atoms. The summed E-state index contributed by atoms with van der Waals surface area (Å²) >= 11 is 1.64. The lowest BCUT2D eigenvalue weighted by Crippen LogP contribution is -2.46. The second-order valence-electron chi connectivity index (χ2n) is 6.54. The van der Waals surface area contributed by atoms with Crippen LogP contribution in [-0.4, -0.2) is 55.7 Å². The number of aryl methyl sites for hydroxylation is 1. The molecule has 1 amide bonds. The van der Waals surface area contributed by atoms with Gasteiger partial charge in [-0.25, -0.2) is 4.98 Å². The number of hydrogen-bond donors (Lipinski definition) is 0. The van der Waals surface area contributed by atoms with Crippen LogP contribution in [0.5, 0.6) is 0 Å². The molecule has 1 saturated heterocycles. The van der Waals surface area contributed by atoms with Gasteiger partial charge in [0.25, 0.3) is 0 Å². The molecule has 1 aliphatic heterocycles. The molecule has 3 heterocycles. The first kappa shape index (κ1) is 17.9. The quantitative estimate of drug-likeness (QED) is 0.795. The second kappa shape index (κ2) is 8.45. The number of carbonyl (C=O) groups excluding carboxylic acids is 1. The van der Waals surface area contributed by atoms with Crippen molar-refractivity contribution in [1.29, 1.82) is 0 Å². The van der Waals surface area contributed by atoms with Gasteiger partial charge in [0.05, 0.1) is 19.1 Å². The number of thiophene rings is 1. The van der Waals surface area contributed by atoms with E-state index in [4.69, 9.17) is 4.74 Å². The fourth-order valence-corrected chi connectivity index (χ4v) is 3.68. The van der Waals surface area contributed by atoms with Gasteiger partial charge in [0.1, 0.15) is 5.82 Å². The Bertz CT molecular complexity index is 688. The van der Waals surface area contributed by atoms with Crippen molar-refractivity contribution in [2.45, 2.75) is 25.4 Å². The molecule has 1 fully saturated rings. The molecule has 0 aliphatic carbocycles. The van der Waals surface area contributed by atoms with Crippen molar-refractivity contribution in [1.82, 2.24) is 9.88 Å². The molecule has 0 N–H and O–H groups in total. The highest BCUT2D eigenvalue weighted by molar-refractivity contribution is 7.10. The summed E-state index contributed by atoms with van der Waals surface area (Å²) in [5.74, 6) is 1.17. The summed E-state index contributed by atoms with van der Waals surface area (Å²) in [6.07, 6.45) is 4.31. The van der Waals surface area contributed by atoms with Gasteiger partial charge in [-0.1, -0.05) is 6.07 Å². The van der Waals surface area contributed by atoms with Crippen molar-refractivity contribution in [3.8, 4) is 0 Å². The Hall–Kier alpha value is -1.92. The minimum atomic E-state index is 0.108. The Balaban J connectivity index is 1.51. The Labute approximate surface area is 153 Å². The van der Waals surface area contributed by atoms with Crippen molar-refractivity contribution in [2.24, 2.45) is 0 Å². The Morgan fingerprint density at radius 1 is 1.44 bits per heavy atom. The van der Waals surface area contributed by atoms with Crippen LogP contribution >= 0.6 is 11.3 Å². The summed E-state index contributed by atoms with van der Waals surface area (Å²) in [7, 11) is 3.99. The van der Waals surface area contributed by atoms with Crippen LogP contribution in [0.25, 0.3) is 0 Å². The van der Waals surface area contributed by atoms with Gasteiger partial charge >= 0.3 is 0 Å². The average molecular weight is 359 g/mol. The van der Waals surface area contributed by atoms with Gasteiger partial charge < -0.3 is 14.5 Å². The number of nitrogens with zero attached hydrogens (tertiary/aromatic N) is 3. The van der Waals surface area contributed by atoms with Crippen molar-refractivity contribution >= 4 is 23.1 Å². The summed E-state index contributed by atoms with van der Waals surface area (Å²) < 4.78 is 5.88. The van der Waals surface area contributed by atoms with Gasteiger partial charge in [-0.2, -0.15) is 0 Å². The maximum atomic E-state index is 12.5. The fourth-order valence-electron chi connectivity index (χ4n) is 2.98. The van der Waals surface area contributed by atoms with E-state index in [-0.39, 0.29) is 12.0 Å². The summed E-state index contributed by atoms with van der Waals surface area (Å²) in [5.41, 5.74) is 1.25. The molecule has 134 valence electrons. The number of rotatable bonds is 6. The number of ether oxygens (including phenoxy) is 1. The lowest BCUT2D eigenvalue weighted by Gasteiger charge is -2.33. The average Bonchev–Trinajstić information content (AvgIpc) is 3.13. The predicted molar refractivity (Wildman–Crippen MR) is 101 cm³/mol. The number of aromatic nitrogens is 1. The lowest BCUT2D eigenvalue weighted by atomic mass is 10.1. The highest BCUT2D eigenvalue weighted by Gasteiger charge is 2.24. The van der Waals surface area contributed by atoms with Gasteiger partial charge in [-0.15, -0.1) is 11.3 Å². The van der Waals surface area contributed by atoms with Crippen LogP contribution in [0, 0.1) is 0 Å². The molecular weight excluding hydrogens is 334 g/mol. The van der Waals surface area contributed by atoms with E-state index in [0.29, 0.717) is 26.1 Å². The monoisotopic (exact) mass is 359 g/mol. The third-order valence-corrected chi connectivity index (χ3v) is 5.30. The van der Waals surface area contributed by atoms with Gasteiger partial charge in [-0.05, 0) is 42.0 Å². The fraction of sp³-hybridized carbons (Fsp3) is 0.474. The normalized spacial score (nSPS) is 17.5. The summed E-state index contributed by atoms with van der Waals surface area (Å²) in [4.78, 5) is 21.9. The highest BCUT2D eigenvalue weighted by atomic mass is 32.1. The summed E-state index contributed by atoms with van der Waals surface area (Å²) in [6.45, 7) is 2.01. The number of morpholine rings is 1. The number of anilines is 1. The summed E-state index contributed by atoms with van der Waals surface area (Å²) in [6, 6.07) is 8.18. The summed E-state index contributed by atoms with van der Waals surface area (Å²) in [5, 5.41) is 2.02. The van der Waals surface area contributed by atoms with E-state index < -0.39 is 0 Å². The predicted octanol–water partition coefficient (Wildman–Crippen LogP) is 2.61. The Morgan fingerprint density at radius 2 is 2.32 bits per heavy atom. The maximum absolute atomic E-state index is 12.5. The van der Waals surface area contributed by atoms with Crippen molar-refractivity contribution in [2.75, 3.05) is 38.7 Å². The van der Waals surface area contributed by atoms with E-state index in [1.54, 1.807) is 11.3 Å². The van der Waals surface area contributed by atoms with E-state index in [0.717, 1.165) is 23.5 Å². The van der Waals surface area contributed by atoms with E-state index in [9.17, 15) is 4.79 Å². The standard InChI is InChI=1S/C19H25N3O2S/c1-21(2)18-12-15(7-8-20-18)5-6-16-14-22(9-10-24-16)19(23)13-17-4-3-11-25-17/h3-4,7-8,11-12,16H,5-6,9-10,13-14H2,1-2H3/t16-/m0/s1. The van der Waals surface area contributed by atoms with E-state index in [1.165, 1.54) is 5.56 Å². The molecule has 3 rings (SSSR count). The van der Waals surface area contributed by atoms with Crippen molar-refractivity contribution < 1.29 is 9.53 Å². The first-order valence-electron chi connectivity index (χ1n) is 8.66. The second-order valence-corrected chi connectivity index (χ2v) is 7.58. The molecule has 2 aromatic heterocycles. The molecule has 25 heavy (non-hydrogen) atoms. The molecule has 5 nitrogen and oxygen atoms in total. The topological polar surface area (TPSA) is 45.7 Å². The van der Waals surface area contributed by atoms with E-state index in [2.05, 4.69) is 17.1 Å². The first-order chi connectivity index (χ1) is 12.1. The van der Waals surface area contributed by atoms with Crippen LogP contribution in [0.4, 0.5) is 5.82 Å². The zero-order chi connectivity index (χ0) is 17.6. The smallest absolute Gasteiger partial charge is 0.227 e. The Morgan fingerprint density at radius 3 is 3.08 bits per heavy atom. The molecule has 6 heteroatoms. The van der Waals surface area contributed by atoms with E-state index >= 15 is 0 Å². The molecule has 0 aromatic carbocycles. The largest absolute Gasteiger partial charge is 0.375 e. The van der Waals surface area contributed by atoms with Crippen molar-refractivity contribution in [3.63, 3.8) is 0 Å². The Kier molecular flexibility index (Phi) is 6.04. The molecule has 0 spiro atoms. The van der Waals surface area contributed by atoms with Crippen LogP contribution in [0.1, 0.15) is 16.9 Å². The minimum Gasteiger partial charge on any atom is -0.375 e. The van der Waals surface area contributed by atoms with Gasteiger partial charge in [0, 0.05) is 38.3 Å². The molecule has 1 aliphatic rings. The van der Waals surface area contributed by atoms with Gasteiger partial charge in [0.15, 0.2) is 0 Å². The van der Waals surface area contributed by atoms with Crippen LogP contribution in [-0.2, 0) is 22.4 Å². The number of carbonyl (C=O) groups is 1. The van der Waals surface area contributed by atoms with Crippen LogP contribution < -0.4 is 4.90 Å². The maximum Gasteiger partial charge on any atom is 0.227 e. The third-order valence-electron chi connectivity index (χ3n) is 4.42. The van der Waals surface area contributed by atoms with Crippen LogP contribution in [0.2, 0.25) is 0 Å². The lowest BCUT2D eigenvalue weighted by molar-refractivity contribution is -0.138. The number of pyridine rings is 1.